The molecule has 8 heteroatoms. The number of nitro benzene ring substituents is 1. The zero-order valence-electron chi connectivity index (χ0n) is 15.9. The fourth-order valence-corrected chi connectivity index (χ4v) is 4.13. The molecule has 0 aliphatic carbocycles. The van der Waals surface area contributed by atoms with Crippen molar-refractivity contribution >= 4 is 17.4 Å². The topological polar surface area (TPSA) is 99.9 Å². The lowest BCUT2D eigenvalue weighted by molar-refractivity contribution is -0.385. The SMILES string of the molecule is CC(C)c1nc(CCN)n(Cc2ccncc2)c1Sc1cccc([N+](=O)[O-])c1. The molecule has 0 atom stereocenters. The van der Waals surface area contributed by atoms with Gasteiger partial charge in [-0.3, -0.25) is 15.1 Å². The molecule has 0 aliphatic heterocycles. The van der Waals surface area contributed by atoms with Crippen LogP contribution in [-0.4, -0.2) is 26.0 Å². The number of hydrogen-bond donors (Lipinski definition) is 1. The maximum Gasteiger partial charge on any atom is 0.270 e. The molecule has 2 aromatic heterocycles. The van der Waals surface area contributed by atoms with Crippen LogP contribution in [0.25, 0.3) is 0 Å². The normalized spacial score (nSPS) is 11.1. The molecule has 0 amide bonds. The molecule has 0 aliphatic rings. The number of imidazole rings is 1. The van der Waals surface area contributed by atoms with Crippen molar-refractivity contribution in [1.82, 2.24) is 14.5 Å². The number of non-ortho nitro benzene ring substituents is 1. The van der Waals surface area contributed by atoms with Gasteiger partial charge in [-0.25, -0.2) is 4.98 Å². The molecule has 0 fully saturated rings. The van der Waals surface area contributed by atoms with Crippen molar-refractivity contribution in [1.29, 1.82) is 0 Å². The fraction of sp³-hybridized carbons (Fsp3) is 0.300. The highest BCUT2D eigenvalue weighted by atomic mass is 32.2. The molecule has 3 rings (SSSR count). The van der Waals surface area contributed by atoms with Crippen molar-refractivity contribution in [3.8, 4) is 0 Å². The Bertz CT molecular complexity index is 956. The summed E-state index contributed by atoms with van der Waals surface area (Å²) in [6.45, 7) is 5.35. The van der Waals surface area contributed by atoms with Crippen LogP contribution in [0.3, 0.4) is 0 Å². The van der Waals surface area contributed by atoms with E-state index in [1.165, 1.54) is 17.8 Å². The van der Waals surface area contributed by atoms with Crippen LogP contribution in [0, 0.1) is 10.1 Å². The van der Waals surface area contributed by atoms with Crippen LogP contribution in [0.15, 0.2) is 58.7 Å². The lowest BCUT2D eigenvalue weighted by Gasteiger charge is -2.13. The third kappa shape index (κ3) is 4.58. The fourth-order valence-electron chi connectivity index (χ4n) is 2.91. The first-order chi connectivity index (χ1) is 13.5. The summed E-state index contributed by atoms with van der Waals surface area (Å²) >= 11 is 1.51. The quantitative estimate of drug-likeness (QED) is 0.455. The average molecular weight is 398 g/mol. The number of pyridine rings is 1. The number of benzene rings is 1. The van der Waals surface area contributed by atoms with E-state index in [0.717, 1.165) is 27.0 Å². The molecule has 1 aromatic carbocycles. The monoisotopic (exact) mass is 397 g/mol. The summed E-state index contributed by atoms with van der Waals surface area (Å²) in [7, 11) is 0. The Morgan fingerprint density at radius 1 is 1.25 bits per heavy atom. The van der Waals surface area contributed by atoms with Crippen molar-refractivity contribution in [3.05, 3.63) is 76.0 Å². The first-order valence-electron chi connectivity index (χ1n) is 9.10. The van der Waals surface area contributed by atoms with E-state index in [-0.39, 0.29) is 16.5 Å². The van der Waals surface area contributed by atoms with Crippen LogP contribution >= 0.6 is 11.8 Å². The van der Waals surface area contributed by atoms with Gasteiger partial charge in [-0.1, -0.05) is 31.7 Å². The lowest BCUT2D eigenvalue weighted by Crippen LogP contribution is -2.11. The molecule has 3 aromatic rings. The predicted octanol–water partition coefficient (Wildman–Crippen LogP) is 4.01. The molecule has 2 N–H and O–H groups in total. The van der Waals surface area contributed by atoms with Crippen molar-refractivity contribution in [2.75, 3.05) is 6.54 Å². The predicted molar refractivity (Wildman–Crippen MR) is 110 cm³/mol. The Kier molecular flexibility index (Phi) is 6.43. The second-order valence-corrected chi connectivity index (χ2v) is 7.77. The van der Waals surface area contributed by atoms with Crippen LogP contribution < -0.4 is 5.73 Å². The Morgan fingerprint density at radius 2 is 2.00 bits per heavy atom. The van der Waals surface area contributed by atoms with Crippen LogP contribution in [0.1, 0.15) is 36.8 Å². The third-order valence-electron chi connectivity index (χ3n) is 4.27. The Labute approximate surface area is 168 Å². The van der Waals surface area contributed by atoms with Gasteiger partial charge in [-0.2, -0.15) is 0 Å². The summed E-state index contributed by atoms with van der Waals surface area (Å²) in [5.41, 5.74) is 7.99. The molecule has 2 heterocycles. The molecule has 0 unspecified atom stereocenters. The van der Waals surface area contributed by atoms with Crippen LogP contribution in [0.2, 0.25) is 0 Å². The van der Waals surface area contributed by atoms with E-state index in [2.05, 4.69) is 23.4 Å². The maximum atomic E-state index is 11.1. The summed E-state index contributed by atoms with van der Waals surface area (Å²) in [6.07, 6.45) is 4.21. The molecule has 28 heavy (non-hydrogen) atoms. The number of aromatic nitrogens is 3. The zero-order chi connectivity index (χ0) is 20.1. The Balaban J connectivity index is 2.06. The van der Waals surface area contributed by atoms with Gasteiger partial charge in [0.25, 0.3) is 5.69 Å². The number of nitro groups is 1. The van der Waals surface area contributed by atoms with Gasteiger partial charge in [0.05, 0.1) is 10.6 Å². The number of nitrogens with two attached hydrogens (primary N) is 1. The standard InChI is InChI=1S/C20H23N5O2S/c1-14(2)19-20(28-17-5-3-4-16(12-17)25(26)27)24(18(23-19)6-9-21)13-15-7-10-22-11-8-15/h3-5,7-8,10-12,14H,6,9,13,21H2,1-2H3. The summed E-state index contributed by atoms with van der Waals surface area (Å²) in [4.78, 5) is 20.5. The van der Waals surface area contributed by atoms with E-state index >= 15 is 0 Å². The molecular weight excluding hydrogens is 374 g/mol. The minimum atomic E-state index is -0.373. The average Bonchev–Trinajstić information content (AvgIpc) is 3.01. The highest BCUT2D eigenvalue weighted by Gasteiger charge is 2.21. The van der Waals surface area contributed by atoms with Gasteiger partial charge in [-0.05, 0) is 36.2 Å². The van der Waals surface area contributed by atoms with E-state index in [1.807, 2.05) is 18.2 Å². The molecule has 7 nitrogen and oxygen atoms in total. The van der Waals surface area contributed by atoms with E-state index in [4.69, 9.17) is 10.7 Å². The second-order valence-electron chi connectivity index (χ2n) is 6.71. The third-order valence-corrected chi connectivity index (χ3v) is 5.39. The van der Waals surface area contributed by atoms with Crippen LogP contribution in [0.5, 0.6) is 0 Å². The molecule has 0 saturated heterocycles. The van der Waals surface area contributed by atoms with Gasteiger partial charge >= 0.3 is 0 Å². The number of rotatable bonds is 8. The first-order valence-corrected chi connectivity index (χ1v) is 9.91. The minimum Gasteiger partial charge on any atom is -0.330 e. The molecule has 0 saturated carbocycles. The Hall–Kier alpha value is -2.71. The second kappa shape index (κ2) is 8.99. The first kappa shape index (κ1) is 20.0. The van der Waals surface area contributed by atoms with E-state index < -0.39 is 0 Å². The highest BCUT2D eigenvalue weighted by Crippen LogP contribution is 2.36. The smallest absolute Gasteiger partial charge is 0.270 e. The molecule has 0 spiro atoms. The zero-order valence-corrected chi connectivity index (χ0v) is 16.7. The minimum absolute atomic E-state index is 0.0819. The van der Waals surface area contributed by atoms with Crippen LogP contribution in [0.4, 0.5) is 5.69 Å². The van der Waals surface area contributed by atoms with Crippen molar-refractivity contribution in [2.45, 2.75) is 42.7 Å². The van der Waals surface area contributed by atoms with Gasteiger partial charge in [0, 0.05) is 42.4 Å². The summed E-state index contributed by atoms with van der Waals surface area (Å²) in [5, 5.41) is 12.1. The summed E-state index contributed by atoms with van der Waals surface area (Å²) in [6, 6.07) is 10.6. The molecule has 0 bridgehead atoms. The summed E-state index contributed by atoms with van der Waals surface area (Å²) in [5.74, 6) is 1.15. The van der Waals surface area contributed by atoms with Gasteiger partial charge in [0.1, 0.15) is 10.9 Å². The molecule has 0 radical (unpaired) electrons. The lowest BCUT2D eigenvalue weighted by atomic mass is 10.1. The van der Waals surface area contributed by atoms with Gasteiger partial charge in [-0.15, -0.1) is 0 Å². The van der Waals surface area contributed by atoms with Gasteiger partial charge in [0.15, 0.2) is 0 Å². The van der Waals surface area contributed by atoms with E-state index in [1.54, 1.807) is 24.5 Å². The maximum absolute atomic E-state index is 11.1. The van der Waals surface area contributed by atoms with Crippen molar-refractivity contribution in [3.63, 3.8) is 0 Å². The van der Waals surface area contributed by atoms with E-state index in [0.29, 0.717) is 19.5 Å². The summed E-state index contributed by atoms with van der Waals surface area (Å²) < 4.78 is 2.17. The number of nitrogens with zero attached hydrogens (tertiary/aromatic N) is 4. The van der Waals surface area contributed by atoms with Gasteiger partial charge < -0.3 is 10.3 Å². The van der Waals surface area contributed by atoms with Crippen LogP contribution in [-0.2, 0) is 13.0 Å². The molecule has 146 valence electrons. The molecular formula is C20H23N5O2S. The van der Waals surface area contributed by atoms with Gasteiger partial charge in [0.2, 0.25) is 0 Å². The van der Waals surface area contributed by atoms with E-state index in [9.17, 15) is 10.1 Å². The largest absolute Gasteiger partial charge is 0.330 e. The Morgan fingerprint density at radius 3 is 2.64 bits per heavy atom. The van der Waals surface area contributed by atoms with Crippen molar-refractivity contribution < 1.29 is 4.92 Å². The highest BCUT2D eigenvalue weighted by molar-refractivity contribution is 7.99. The van der Waals surface area contributed by atoms with Crippen molar-refractivity contribution in [2.24, 2.45) is 5.73 Å². The number of hydrogen-bond acceptors (Lipinski definition) is 6.